The van der Waals surface area contributed by atoms with Crippen LogP contribution in [0.3, 0.4) is 0 Å². The first-order valence-corrected chi connectivity index (χ1v) is 4.84. The molecule has 2 amide bonds. The lowest BCUT2D eigenvalue weighted by Crippen LogP contribution is -2.50. The predicted octanol–water partition coefficient (Wildman–Crippen LogP) is -0.207. The molecule has 5 nitrogen and oxygen atoms in total. The molecular formula is C10H10FN3O2. The van der Waals surface area contributed by atoms with Gasteiger partial charge in [0.1, 0.15) is 11.5 Å². The monoisotopic (exact) mass is 223 g/mol. The number of nitrogens with one attached hydrogen (secondary N) is 1. The van der Waals surface area contributed by atoms with Crippen molar-refractivity contribution in [3.05, 3.63) is 29.8 Å². The molecule has 0 aromatic carbocycles. The van der Waals surface area contributed by atoms with Crippen LogP contribution in [0, 0.1) is 5.82 Å². The van der Waals surface area contributed by atoms with E-state index in [-0.39, 0.29) is 24.1 Å². The molecule has 0 atom stereocenters. The summed E-state index contributed by atoms with van der Waals surface area (Å²) in [6.45, 7) is 0.910. The summed E-state index contributed by atoms with van der Waals surface area (Å²) in [6, 6.07) is 2.48. The standard InChI is InChI=1S/C10H10FN3O2/c11-7-1-2-8(13-5-7)10(16)14-4-3-12-9(15)6-14/h1-2,5H,3-4,6H2,(H,12,15). The Labute approximate surface area is 91.3 Å². The highest BCUT2D eigenvalue weighted by atomic mass is 19.1. The largest absolute Gasteiger partial charge is 0.353 e. The molecule has 0 spiro atoms. The number of amides is 2. The average Bonchev–Trinajstić information content (AvgIpc) is 2.29. The highest BCUT2D eigenvalue weighted by molar-refractivity contribution is 5.95. The van der Waals surface area contributed by atoms with Crippen molar-refractivity contribution in [1.82, 2.24) is 15.2 Å². The molecule has 0 bridgehead atoms. The summed E-state index contributed by atoms with van der Waals surface area (Å²) in [5.74, 6) is -1.04. The fourth-order valence-corrected chi connectivity index (χ4v) is 1.48. The number of halogens is 1. The van der Waals surface area contributed by atoms with E-state index in [0.29, 0.717) is 13.1 Å². The quantitative estimate of drug-likeness (QED) is 0.716. The highest BCUT2D eigenvalue weighted by Crippen LogP contribution is 2.04. The van der Waals surface area contributed by atoms with Crippen LogP contribution in [0.4, 0.5) is 4.39 Å². The van der Waals surface area contributed by atoms with Crippen molar-refractivity contribution >= 4 is 11.8 Å². The number of hydrogen-bond donors (Lipinski definition) is 1. The predicted molar refractivity (Wildman–Crippen MR) is 53.1 cm³/mol. The minimum atomic E-state index is -0.493. The fourth-order valence-electron chi connectivity index (χ4n) is 1.48. The molecule has 1 aromatic heterocycles. The van der Waals surface area contributed by atoms with Crippen molar-refractivity contribution < 1.29 is 14.0 Å². The first kappa shape index (κ1) is 10.5. The summed E-state index contributed by atoms with van der Waals surface area (Å²) in [7, 11) is 0. The van der Waals surface area contributed by atoms with E-state index >= 15 is 0 Å². The molecule has 0 unspecified atom stereocenters. The van der Waals surface area contributed by atoms with Crippen LogP contribution in [-0.4, -0.2) is 41.3 Å². The van der Waals surface area contributed by atoms with Crippen LogP contribution in [0.2, 0.25) is 0 Å². The van der Waals surface area contributed by atoms with E-state index in [1.54, 1.807) is 0 Å². The Bertz CT molecular complexity index is 419. The Kier molecular flexibility index (Phi) is 2.80. The van der Waals surface area contributed by atoms with Gasteiger partial charge >= 0.3 is 0 Å². The van der Waals surface area contributed by atoms with Gasteiger partial charge in [-0.3, -0.25) is 9.59 Å². The van der Waals surface area contributed by atoms with E-state index in [1.165, 1.54) is 17.0 Å². The number of piperazine rings is 1. The van der Waals surface area contributed by atoms with Gasteiger partial charge in [0.15, 0.2) is 0 Å². The van der Waals surface area contributed by atoms with Crippen LogP contribution in [0.25, 0.3) is 0 Å². The van der Waals surface area contributed by atoms with Crippen LogP contribution in [-0.2, 0) is 4.79 Å². The van der Waals surface area contributed by atoms with Crippen LogP contribution in [0.15, 0.2) is 18.3 Å². The second kappa shape index (κ2) is 4.26. The number of rotatable bonds is 1. The smallest absolute Gasteiger partial charge is 0.272 e. The van der Waals surface area contributed by atoms with Crippen LogP contribution < -0.4 is 5.32 Å². The number of hydrogen-bond acceptors (Lipinski definition) is 3. The molecule has 0 radical (unpaired) electrons. The lowest BCUT2D eigenvalue weighted by molar-refractivity contribution is -0.123. The molecule has 1 aliphatic heterocycles. The molecule has 2 heterocycles. The zero-order valence-electron chi connectivity index (χ0n) is 8.44. The van der Waals surface area contributed by atoms with E-state index in [4.69, 9.17) is 0 Å². The average molecular weight is 223 g/mol. The van der Waals surface area contributed by atoms with Gasteiger partial charge in [0.05, 0.1) is 12.7 Å². The SMILES string of the molecule is O=C1CN(C(=O)c2ccc(F)cn2)CCN1. The maximum atomic E-state index is 12.6. The third kappa shape index (κ3) is 2.16. The van der Waals surface area contributed by atoms with Gasteiger partial charge in [0.25, 0.3) is 5.91 Å². The van der Waals surface area contributed by atoms with Crippen molar-refractivity contribution in [2.24, 2.45) is 0 Å². The molecule has 1 aliphatic rings. The Hall–Kier alpha value is -1.98. The molecule has 1 N–H and O–H groups in total. The summed E-state index contributed by atoms with van der Waals surface area (Å²) < 4.78 is 12.6. The number of carbonyl (C=O) groups is 2. The summed E-state index contributed by atoms with van der Waals surface area (Å²) >= 11 is 0. The van der Waals surface area contributed by atoms with E-state index < -0.39 is 5.82 Å². The van der Waals surface area contributed by atoms with Crippen LogP contribution >= 0.6 is 0 Å². The lowest BCUT2D eigenvalue weighted by atomic mass is 10.2. The first-order chi connectivity index (χ1) is 7.66. The molecule has 2 rings (SSSR count). The Morgan fingerprint density at radius 1 is 1.50 bits per heavy atom. The minimum Gasteiger partial charge on any atom is -0.353 e. The van der Waals surface area contributed by atoms with Crippen molar-refractivity contribution in [3.8, 4) is 0 Å². The minimum absolute atomic E-state index is 0.0257. The third-order valence-electron chi connectivity index (χ3n) is 2.27. The zero-order chi connectivity index (χ0) is 11.5. The maximum absolute atomic E-state index is 12.6. The molecule has 1 saturated heterocycles. The molecule has 1 aromatic rings. The summed E-state index contributed by atoms with van der Waals surface area (Å²) in [5, 5.41) is 2.61. The summed E-state index contributed by atoms with van der Waals surface area (Å²) in [6.07, 6.45) is 0.983. The zero-order valence-corrected chi connectivity index (χ0v) is 8.44. The second-order valence-electron chi connectivity index (χ2n) is 3.44. The van der Waals surface area contributed by atoms with Crippen molar-refractivity contribution in [3.63, 3.8) is 0 Å². The Balaban J connectivity index is 2.12. The Morgan fingerprint density at radius 2 is 2.31 bits per heavy atom. The fraction of sp³-hybridized carbons (Fsp3) is 0.300. The van der Waals surface area contributed by atoms with Gasteiger partial charge in [0, 0.05) is 13.1 Å². The molecular weight excluding hydrogens is 213 g/mol. The van der Waals surface area contributed by atoms with Gasteiger partial charge < -0.3 is 10.2 Å². The summed E-state index contributed by atoms with van der Waals surface area (Å²) in [4.78, 5) is 28.0. The van der Waals surface area contributed by atoms with Gasteiger partial charge in [-0.15, -0.1) is 0 Å². The number of nitrogens with zero attached hydrogens (tertiary/aromatic N) is 2. The van der Waals surface area contributed by atoms with Gasteiger partial charge in [-0.25, -0.2) is 9.37 Å². The van der Waals surface area contributed by atoms with E-state index in [9.17, 15) is 14.0 Å². The van der Waals surface area contributed by atoms with Gasteiger partial charge in [-0.2, -0.15) is 0 Å². The van der Waals surface area contributed by atoms with Gasteiger partial charge in [-0.05, 0) is 12.1 Å². The van der Waals surface area contributed by atoms with Gasteiger partial charge in [-0.1, -0.05) is 0 Å². The summed E-state index contributed by atoms with van der Waals surface area (Å²) in [5.41, 5.74) is 0.149. The highest BCUT2D eigenvalue weighted by Gasteiger charge is 2.22. The third-order valence-corrected chi connectivity index (χ3v) is 2.27. The molecule has 1 fully saturated rings. The molecule has 16 heavy (non-hydrogen) atoms. The molecule has 84 valence electrons. The number of aromatic nitrogens is 1. The second-order valence-corrected chi connectivity index (χ2v) is 3.44. The van der Waals surface area contributed by atoms with E-state index in [0.717, 1.165) is 6.20 Å². The molecule has 6 heteroatoms. The normalized spacial score (nSPS) is 15.8. The van der Waals surface area contributed by atoms with Gasteiger partial charge in [0.2, 0.25) is 5.91 Å². The van der Waals surface area contributed by atoms with Crippen molar-refractivity contribution in [2.45, 2.75) is 0 Å². The molecule has 0 saturated carbocycles. The number of carbonyl (C=O) groups excluding carboxylic acids is 2. The van der Waals surface area contributed by atoms with E-state index in [1.807, 2.05) is 0 Å². The topological polar surface area (TPSA) is 62.3 Å². The number of pyridine rings is 1. The van der Waals surface area contributed by atoms with Crippen LogP contribution in [0.1, 0.15) is 10.5 Å². The lowest BCUT2D eigenvalue weighted by Gasteiger charge is -2.26. The van der Waals surface area contributed by atoms with Crippen molar-refractivity contribution in [1.29, 1.82) is 0 Å². The molecule has 0 aliphatic carbocycles. The first-order valence-electron chi connectivity index (χ1n) is 4.84. The van der Waals surface area contributed by atoms with E-state index in [2.05, 4.69) is 10.3 Å². The van der Waals surface area contributed by atoms with Crippen LogP contribution in [0.5, 0.6) is 0 Å². The Morgan fingerprint density at radius 3 is 2.94 bits per heavy atom. The maximum Gasteiger partial charge on any atom is 0.272 e. The van der Waals surface area contributed by atoms with Crippen molar-refractivity contribution in [2.75, 3.05) is 19.6 Å².